The molecule has 1 heterocycles. The van der Waals surface area contributed by atoms with Crippen LogP contribution in [0.3, 0.4) is 0 Å². The van der Waals surface area contributed by atoms with Gasteiger partial charge in [-0.05, 0) is 25.7 Å². The summed E-state index contributed by atoms with van der Waals surface area (Å²) in [4.78, 5) is 0. The number of rotatable bonds is 6. The molecule has 1 rings (SSSR count). The Kier molecular flexibility index (Phi) is 4.02. The normalized spacial score (nSPS) is 28.5. The Balaban J connectivity index is 2.19. The van der Waals surface area contributed by atoms with Crippen molar-refractivity contribution in [2.24, 2.45) is 0 Å². The topological polar surface area (TPSA) is 29.5 Å². The lowest BCUT2D eigenvalue weighted by molar-refractivity contribution is -0.158. The van der Waals surface area contributed by atoms with Crippen molar-refractivity contribution < 1.29 is 9.84 Å². The molecule has 72 valence electrons. The Morgan fingerprint density at radius 2 is 2.00 bits per heavy atom. The number of hydrogen-bond acceptors (Lipinski definition) is 2. The van der Waals surface area contributed by atoms with Crippen LogP contribution in [-0.2, 0) is 4.74 Å². The van der Waals surface area contributed by atoms with Crippen molar-refractivity contribution >= 4 is 0 Å². The zero-order valence-corrected chi connectivity index (χ0v) is 8.01. The van der Waals surface area contributed by atoms with Crippen molar-refractivity contribution in [3.05, 3.63) is 0 Å². The molecule has 0 aromatic carbocycles. The number of ether oxygens (including phenoxy) is 1. The van der Waals surface area contributed by atoms with Crippen LogP contribution in [0.2, 0.25) is 0 Å². The van der Waals surface area contributed by atoms with Gasteiger partial charge in [0.05, 0.1) is 12.2 Å². The fraction of sp³-hybridized carbons (Fsp3) is 1.00. The van der Waals surface area contributed by atoms with Gasteiger partial charge in [-0.15, -0.1) is 0 Å². The molecular weight excluding hydrogens is 152 g/mol. The summed E-state index contributed by atoms with van der Waals surface area (Å²) in [6, 6.07) is 0. The van der Waals surface area contributed by atoms with Crippen LogP contribution in [-0.4, -0.2) is 23.9 Å². The van der Waals surface area contributed by atoms with Gasteiger partial charge >= 0.3 is 0 Å². The van der Waals surface area contributed by atoms with Gasteiger partial charge in [-0.1, -0.05) is 19.8 Å². The lowest BCUT2D eigenvalue weighted by Gasteiger charge is -2.42. The molecule has 1 N–H and O–H groups in total. The van der Waals surface area contributed by atoms with Crippen LogP contribution < -0.4 is 0 Å². The largest absolute Gasteiger partial charge is 0.396 e. The van der Waals surface area contributed by atoms with Crippen molar-refractivity contribution in [3.63, 3.8) is 0 Å². The fourth-order valence-corrected chi connectivity index (χ4v) is 1.81. The first-order chi connectivity index (χ1) is 5.83. The lowest BCUT2D eigenvalue weighted by atomic mass is 9.85. The molecule has 0 aromatic heterocycles. The molecule has 1 unspecified atom stereocenters. The van der Waals surface area contributed by atoms with E-state index in [1.54, 1.807) is 0 Å². The smallest absolute Gasteiger partial charge is 0.0705 e. The van der Waals surface area contributed by atoms with Gasteiger partial charge in [-0.25, -0.2) is 0 Å². The standard InChI is InChI=1S/C10H20O2/c1-2-3-5-10(6-4-8-11)7-9-12-10/h11H,2-9H2,1H3. The molecule has 0 saturated carbocycles. The highest BCUT2D eigenvalue weighted by Crippen LogP contribution is 2.35. The second-order valence-corrected chi connectivity index (χ2v) is 3.71. The third-order valence-corrected chi connectivity index (χ3v) is 2.74. The molecule has 0 amide bonds. The SMILES string of the molecule is CCCCC1(CCCO)CCO1. The molecule has 1 fully saturated rings. The molecule has 1 aliphatic heterocycles. The molecule has 0 bridgehead atoms. The Morgan fingerprint density at radius 1 is 1.33 bits per heavy atom. The maximum atomic E-state index is 8.72. The van der Waals surface area contributed by atoms with Gasteiger partial charge in [0.25, 0.3) is 0 Å². The van der Waals surface area contributed by atoms with Gasteiger partial charge in [0.1, 0.15) is 0 Å². The van der Waals surface area contributed by atoms with E-state index >= 15 is 0 Å². The van der Waals surface area contributed by atoms with E-state index in [0.717, 1.165) is 19.4 Å². The molecule has 0 aromatic rings. The van der Waals surface area contributed by atoms with Gasteiger partial charge in [0.15, 0.2) is 0 Å². The first-order valence-corrected chi connectivity index (χ1v) is 5.08. The summed E-state index contributed by atoms with van der Waals surface area (Å²) in [5, 5.41) is 8.72. The van der Waals surface area contributed by atoms with Crippen molar-refractivity contribution in [2.75, 3.05) is 13.2 Å². The molecule has 0 aliphatic carbocycles. The summed E-state index contributed by atoms with van der Waals surface area (Å²) >= 11 is 0. The maximum absolute atomic E-state index is 8.72. The predicted molar refractivity (Wildman–Crippen MR) is 49.1 cm³/mol. The number of hydrogen-bond donors (Lipinski definition) is 1. The van der Waals surface area contributed by atoms with Gasteiger partial charge in [0.2, 0.25) is 0 Å². The second-order valence-electron chi connectivity index (χ2n) is 3.71. The number of aliphatic hydroxyl groups is 1. The molecule has 2 nitrogen and oxygen atoms in total. The maximum Gasteiger partial charge on any atom is 0.0705 e. The second kappa shape index (κ2) is 4.83. The zero-order valence-electron chi connectivity index (χ0n) is 8.01. The Labute approximate surface area is 74.9 Å². The average Bonchev–Trinajstić information content (AvgIpc) is 2.02. The number of aliphatic hydroxyl groups excluding tert-OH is 1. The molecule has 12 heavy (non-hydrogen) atoms. The fourth-order valence-electron chi connectivity index (χ4n) is 1.81. The van der Waals surface area contributed by atoms with E-state index in [4.69, 9.17) is 9.84 Å². The van der Waals surface area contributed by atoms with E-state index in [-0.39, 0.29) is 5.60 Å². The van der Waals surface area contributed by atoms with Crippen molar-refractivity contribution in [1.82, 2.24) is 0 Å². The Hall–Kier alpha value is -0.0800. The lowest BCUT2D eigenvalue weighted by Crippen LogP contribution is -2.43. The highest BCUT2D eigenvalue weighted by Gasteiger charge is 2.36. The molecule has 1 aliphatic rings. The highest BCUT2D eigenvalue weighted by atomic mass is 16.5. The Bertz CT molecular complexity index is 109. The van der Waals surface area contributed by atoms with Crippen LogP contribution in [0, 0.1) is 0 Å². The summed E-state index contributed by atoms with van der Waals surface area (Å²) in [7, 11) is 0. The Morgan fingerprint density at radius 3 is 2.42 bits per heavy atom. The van der Waals surface area contributed by atoms with Gasteiger partial charge in [0, 0.05) is 6.61 Å². The molecule has 2 heteroatoms. The summed E-state index contributed by atoms with van der Waals surface area (Å²) < 4.78 is 5.61. The minimum Gasteiger partial charge on any atom is -0.396 e. The van der Waals surface area contributed by atoms with Crippen LogP contribution in [0.1, 0.15) is 45.4 Å². The molecule has 1 saturated heterocycles. The van der Waals surface area contributed by atoms with E-state index in [0.29, 0.717) is 6.61 Å². The minimum absolute atomic E-state index is 0.165. The quantitative estimate of drug-likeness (QED) is 0.665. The summed E-state index contributed by atoms with van der Waals surface area (Å²) in [5.74, 6) is 0. The monoisotopic (exact) mass is 172 g/mol. The van der Waals surface area contributed by atoms with Gasteiger partial charge in [-0.2, -0.15) is 0 Å². The van der Waals surface area contributed by atoms with Crippen molar-refractivity contribution in [2.45, 2.75) is 51.0 Å². The van der Waals surface area contributed by atoms with Crippen molar-refractivity contribution in [3.8, 4) is 0 Å². The zero-order chi connectivity index (χ0) is 8.86. The third-order valence-electron chi connectivity index (χ3n) is 2.74. The summed E-state index contributed by atoms with van der Waals surface area (Å²) in [6.07, 6.45) is 6.82. The first-order valence-electron chi connectivity index (χ1n) is 5.08. The van der Waals surface area contributed by atoms with Crippen molar-refractivity contribution in [1.29, 1.82) is 0 Å². The van der Waals surface area contributed by atoms with Crippen LogP contribution in [0.15, 0.2) is 0 Å². The summed E-state index contributed by atoms with van der Waals surface area (Å²) in [6.45, 7) is 3.44. The van der Waals surface area contributed by atoms with Crippen LogP contribution in [0.25, 0.3) is 0 Å². The van der Waals surface area contributed by atoms with E-state index in [1.165, 1.54) is 25.7 Å². The van der Waals surface area contributed by atoms with Crippen LogP contribution in [0.4, 0.5) is 0 Å². The predicted octanol–water partition coefficient (Wildman–Crippen LogP) is 2.11. The molecule has 0 radical (unpaired) electrons. The molecule has 0 spiro atoms. The average molecular weight is 172 g/mol. The molecular formula is C10H20O2. The first kappa shape index (κ1) is 10.0. The van der Waals surface area contributed by atoms with Crippen LogP contribution >= 0.6 is 0 Å². The van der Waals surface area contributed by atoms with Gasteiger partial charge < -0.3 is 9.84 Å². The van der Waals surface area contributed by atoms with E-state index in [1.807, 2.05) is 0 Å². The molecule has 1 atom stereocenters. The van der Waals surface area contributed by atoms with E-state index in [2.05, 4.69) is 6.92 Å². The highest BCUT2D eigenvalue weighted by molar-refractivity contribution is 4.86. The van der Waals surface area contributed by atoms with Gasteiger partial charge in [-0.3, -0.25) is 0 Å². The van der Waals surface area contributed by atoms with Crippen LogP contribution in [0.5, 0.6) is 0 Å². The van der Waals surface area contributed by atoms with E-state index < -0.39 is 0 Å². The minimum atomic E-state index is 0.165. The number of unbranched alkanes of at least 4 members (excludes halogenated alkanes) is 1. The summed E-state index contributed by atoms with van der Waals surface area (Å²) in [5.41, 5.74) is 0.165. The van der Waals surface area contributed by atoms with E-state index in [9.17, 15) is 0 Å². The third kappa shape index (κ3) is 2.46.